The van der Waals surface area contributed by atoms with Crippen LogP contribution in [0.2, 0.25) is 0 Å². The fourth-order valence-electron chi connectivity index (χ4n) is 2.40. The Morgan fingerprint density at radius 3 is 2.85 bits per heavy atom. The van der Waals surface area contributed by atoms with Gasteiger partial charge < -0.3 is 8.05 Å². The van der Waals surface area contributed by atoms with Gasteiger partial charge in [0, 0.05) is 23.7 Å². The standard InChI is InChI=1S/C14H12IN3O2/c1-8-7-10(20-15)3-4-11(8)12-9(2)17-14(19)13-16-5-6-18(12)13/h3-7H,1-2H3,(H,17,19). The van der Waals surface area contributed by atoms with Crippen LogP contribution in [0.5, 0.6) is 5.75 Å². The van der Waals surface area contributed by atoms with Crippen LogP contribution in [0, 0.1) is 13.8 Å². The van der Waals surface area contributed by atoms with Crippen LogP contribution in [0.4, 0.5) is 0 Å². The van der Waals surface area contributed by atoms with Gasteiger partial charge >= 0.3 is 0 Å². The molecule has 0 amide bonds. The summed E-state index contributed by atoms with van der Waals surface area (Å²) in [5, 5.41) is 0. The maximum Gasteiger partial charge on any atom is 0.291 e. The van der Waals surface area contributed by atoms with E-state index in [1.165, 1.54) is 0 Å². The minimum absolute atomic E-state index is 0.180. The van der Waals surface area contributed by atoms with Crippen LogP contribution in [0.3, 0.4) is 0 Å². The number of aromatic amines is 1. The predicted octanol–water partition coefficient (Wildman–Crippen LogP) is 3.04. The second kappa shape index (κ2) is 4.93. The number of benzene rings is 1. The van der Waals surface area contributed by atoms with Crippen molar-refractivity contribution in [2.24, 2.45) is 0 Å². The van der Waals surface area contributed by atoms with Gasteiger partial charge in [0.1, 0.15) is 5.75 Å². The number of nitrogens with zero attached hydrogens (tertiary/aromatic N) is 2. The highest BCUT2D eigenvalue weighted by molar-refractivity contribution is 14.1. The fraction of sp³-hybridized carbons (Fsp3) is 0.143. The number of nitrogens with one attached hydrogen (secondary N) is 1. The van der Waals surface area contributed by atoms with Gasteiger partial charge in [-0.2, -0.15) is 0 Å². The van der Waals surface area contributed by atoms with Crippen molar-refractivity contribution in [3.63, 3.8) is 0 Å². The average molecular weight is 381 g/mol. The smallest absolute Gasteiger partial charge is 0.291 e. The molecule has 1 aromatic carbocycles. The number of hydrogen-bond acceptors (Lipinski definition) is 3. The van der Waals surface area contributed by atoms with Crippen molar-refractivity contribution in [1.82, 2.24) is 14.4 Å². The van der Waals surface area contributed by atoms with Crippen molar-refractivity contribution in [2.45, 2.75) is 13.8 Å². The van der Waals surface area contributed by atoms with Gasteiger partial charge in [-0.25, -0.2) is 4.98 Å². The lowest BCUT2D eigenvalue weighted by Crippen LogP contribution is -2.14. The molecule has 3 rings (SSSR count). The number of H-pyrrole nitrogens is 1. The lowest BCUT2D eigenvalue weighted by Gasteiger charge is -2.12. The minimum atomic E-state index is -0.180. The van der Waals surface area contributed by atoms with Crippen molar-refractivity contribution in [3.8, 4) is 17.0 Å². The van der Waals surface area contributed by atoms with E-state index in [1.54, 1.807) is 12.4 Å². The van der Waals surface area contributed by atoms with Crippen LogP contribution in [-0.4, -0.2) is 14.4 Å². The molecular weight excluding hydrogens is 369 g/mol. The number of imidazole rings is 1. The Hall–Kier alpha value is -1.83. The van der Waals surface area contributed by atoms with Crippen molar-refractivity contribution in [2.75, 3.05) is 0 Å². The van der Waals surface area contributed by atoms with Crippen LogP contribution in [0.25, 0.3) is 16.9 Å². The van der Waals surface area contributed by atoms with Crippen molar-refractivity contribution < 1.29 is 3.07 Å². The molecule has 0 saturated carbocycles. The molecule has 2 aromatic heterocycles. The molecule has 20 heavy (non-hydrogen) atoms. The fourth-order valence-corrected chi connectivity index (χ4v) is 2.67. The molecule has 0 saturated heterocycles. The van der Waals surface area contributed by atoms with Crippen molar-refractivity contribution in [1.29, 1.82) is 0 Å². The molecule has 6 heteroatoms. The molecule has 5 nitrogen and oxygen atoms in total. The van der Waals surface area contributed by atoms with Crippen LogP contribution in [0.1, 0.15) is 11.3 Å². The summed E-state index contributed by atoms with van der Waals surface area (Å²) in [6.07, 6.45) is 3.43. The van der Waals surface area contributed by atoms with Gasteiger partial charge in [-0.1, -0.05) is 0 Å². The molecule has 0 bridgehead atoms. The lowest BCUT2D eigenvalue weighted by molar-refractivity contribution is 0.716. The Morgan fingerprint density at radius 1 is 1.35 bits per heavy atom. The molecule has 3 aromatic rings. The van der Waals surface area contributed by atoms with E-state index >= 15 is 0 Å². The summed E-state index contributed by atoms with van der Waals surface area (Å²) in [4.78, 5) is 18.8. The SMILES string of the molecule is Cc1cc(OI)ccc1-c1c(C)[nH]c(=O)c2nccn12. The molecule has 0 aliphatic heterocycles. The van der Waals surface area contributed by atoms with E-state index in [0.717, 1.165) is 28.3 Å². The minimum Gasteiger partial charge on any atom is -0.428 e. The van der Waals surface area contributed by atoms with Gasteiger partial charge in [0.2, 0.25) is 5.65 Å². The maximum atomic E-state index is 11.9. The van der Waals surface area contributed by atoms with Crippen molar-refractivity contribution in [3.05, 3.63) is 52.2 Å². The van der Waals surface area contributed by atoms with E-state index in [0.29, 0.717) is 5.65 Å². The number of aromatic nitrogens is 3. The molecule has 0 aliphatic rings. The molecule has 1 N–H and O–H groups in total. The molecule has 0 fully saturated rings. The molecule has 0 radical (unpaired) electrons. The number of hydrogen-bond donors (Lipinski definition) is 1. The quantitative estimate of drug-likeness (QED) is 0.695. The summed E-state index contributed by atoms with van der Waals surface area (Å²) in [5.41, 5.74) is 4.09. The zero-order valence-electron chi connectivity index (χ0n) is 11.0. The van der Waals surface area contributed by atoms with E-state index in [2.05, 4.69) is 9.97 Å². The molecule has 2 heterocycles. The third-order valence-corrected chi connectivity index (χ3v) is 3.79. The maximum absolute atomic E-state index is 11.9. The number of halogens is 1. The molecule has 0 aliphatic carbocycles. The Balaban J connectivity index is 2.35. The summed E-state index contributed by atoms with van der Waals surface area (Å²) < 4.78 is 7.02. The summed E-state index contributed by atoms with van der Waals surface area (Å²) in [6.45, 7) is 3.90. The third kappa shape index (κ3) is 2.00. The van der Waals surface area contributed by atoms with Crippen LogP contribution in [-0.2, 0) is 0 Å². The average Bonchev–Trinajstić information content (AvgIpc) is 2.90. The normalized spacial score (nSPS) is 10.9. The summed E-state index contributed by atoms with van der Waals surface area (Å²) in [5.74, 6) is 0.802. The van der Waals surface area contributed by atoms with Crippen LogP contribution in [0.15, 0.2) is 35.4 Å². The van der Waals surface area contributed by atoms with E-state index in [-0.39, 0.29) is 5.56 Å². The predicted molar refractivity (Wildman–Crippen MR) is 85.4 cm³/mol. The van der Waals surface area contributed by atoms with Gasteiger partial charge in [-0.3, -0.25) is 9.20 Å². The number of aryl methyl sites for hydroxylation is 2. The van der Waals surface area contributed by atoms with E-state index in [1.807, 2.05) is 59.5 Å². The summed E-state index contributed by atoms with van der Waals surface area (Å²) in [6, 6.07) is 5.86. The van der Waals surface area contributed by atoms with Crippen molar-refractivity contribution >= 4 is 28.7 Å². The molecule has 0 atom stereocenters. The van der Waals surface area contributed by atoms with E-state index in [4.69, 9.17) is 3.07 Å². The van der Waals surface area contributed by atoms with E-state index in [9.17, 15) is 4.79 Å². The molecule has 0 unspecified atom stereocenters. The van der Waals surface area contributed by atoms with Gasteiger partial charge in [-0.05, 0) is 37.6 Å². The van der Waals surface area contributed by atoms with Gasteiger partial charge in [0.05, 0.1) is 5.69 Å². The molecule has 0 spiro atoms. The Morgan fingerprint density at radius 2 is 2.15 bits per heavy atom. The highest BCUT2D eigenvalue weighted by Gasteiger charge is 2.13. The first-order chi connectivity index (χ1) is 9.61. The Labute approximate surface area is 129 Å². The zero-order chi connectivity index (χ0) is 14.3. The zero-order valence-corrected chi connectivity index (χ0v) is 13.1. The van der Waals surface area contributed by atoms with Gasteiger partial charge in [-0.15, -0.1) is 0 Å². The second-order valence-electron chi connectivity index (χ2n) is 4.60. The summed E-state index contributed by atoms with van der Waals surface area (Å²) >= 11 is 1.86. The van der Waals surface area contributed by atoms with E-state index < -0.39 is 0 Å². The molecular formula is C14H12IN3O2. The monoisotopic (exact) mass is 381 g/mol. The number of fused-ring (bicyclic) bond motifs is 1. The highest BCUT2D eigenvalue weighted by atomic mass is 127. The highest BCUT2D eigenvalue weighted by Crippen LogP contribution is 2.29. The van der Waals surface area contributed by atoms with Crippen LogP contribution < -0.4 is 8.63 Å². The lowest BCUT2D eigenvalue weighted by atomic mass is 10.0. The second-order valence-corrected chi connectivity index (χ2v) is 5.04. The number of rotatable bonds is 2. The van der Waals surface area contributed by atoms with Gasteiger partial charge in [0.15, 0.2) is 23.0 Å². The summed E-state index contributed by atoms with van der Waals surface area (Å²) in [7, 11) is 0. The largest absolute Gasteiger partial charge is 0.428 e. The molecule has 102 valence electrons. The first-order valence-electron chi connectivity index (χ1n) is 6.07. The first-order valence-corrected chi connectivity index (χ1v) is 6.95. The third-order valence-electron chi connectivity index (χ3n) is 3.28. The Bertz CT molecular complexity index is 851. The van der Waals surface area contributed by atoms with Crippen LogP contribution >= 0.6 is 23.0 Å². The van der Waals surface area contributed by atoms with Gasteiger partial charge in [0.25, 0.3) is 5.56 Å². The first kappa shape index (κ1) is 13.2. The Kier molecular flexibility index (Phi) is 3.25. The topological polar surface area (TPSA) is 59.4 Å².